The standard InChI is InChI=1S/C17H17NO4/c1-12(19)16-14(9-6-10-15(16)21-2)18-17(20)22-11-13-7-4-3-5-8-13/h3-10H,11H2,1-2H3,(H,18,20). The number of carbonyl (C=O) groups is 2. The first-order chi connectivity index (χ1) is 10.6. The highest BCUT2D eigenvalue weighted by Crippen LogP contribution is 2.27. The van der Waals surface area contributed by atoms with E-state index in [9.17, 15) is 9.59 Å². The van der Waals surface area contributed by atoms with Crippen LogP contribution in [0.4, 0.5) is 10.5 Å². The molecule has 0 aliphatic carbocycles. The second-order valence-corrected chi connectivity index (χ2v) is 4.63. The summed E-state index contributed by atoms with van der Waals surface area (Å²) in [6.07, 6.45) is -0.625. The van der Waals surface area contributed by atoms with Crippen molar-refractivity contribution in [1.82, 2.24) is 0 Å². The zero-order valence-electron chi connectivity index (χ0n) is 12.5. The van der Waals surface area contributed by atoms with E-state index >= 15 is 0 Å². The van der Waals surface area contributed by atoms with Gasteiger partial charge in [-0.05, 0) is 24.6 Å². The van der Waals surface area contributed by atoms with Gasteiger partial charge in [-0.1, -0.05) is 36.4 Å². The van der Waals surface area contributed by atoms with E-state index in [4.69, 9.17) is 9.47 Å². The van der Waals surface area contributed by atoms with Crippen LogP contribution in [-0.4, -0.2) is 19.0 Å². The van der Waals surface area contributed by atoms with Gasteiger partial charge >= 0.3 is 6.09 Å². The highest BCUT2D eigenvalue weighted by atomic mass is 16.5. The van der Waals surface area contributed by atoms with E-state index in [-0.39, 0.29) is 12.4 Å². The van der Waals surface area contributed by atoms with E-state index in [2.05, 4.69) is 5.32 Å². The first-order valence-electron chi connectivity index (χ1n) is 6.77. The molecule has 0 aliphatic heterocycles. The lowest BCUT2D eigenvalue weighted by Crippen LogP contribution is -2.16. The summed E-state index contributed by atoms with van der Waals surface area (Å²) < 4.78 is 10.3. The van der Waals surface area contributed by atoms with Crippen LogP contribution in [0.1, 0.15) is 22.8 Å². The Labute approximate surface area is 128 Å². The molecule has 0 bridgehead atoms. The zero-order valence-corrected chi connectivity index (χ0v) is 12.5. The number of hydrogen-bond donors (Lipinski definition) is 1. The third kappa shape index (κ3) is 3.85. The number of nitrogens with one attached hydrogen (secondary N) is 1. The van der Waals surface area contributed by atoms with E-state index in [1.165, 1.54) is 14.0 Å². The van der Waals surface area contributed by atoms with Crippen molar-refractivity contribution < 1.29 is 19.1 Å². The van der Waals surface area contributed by atoms with Crippen LogP contribution in [0.3, 0.4) is 0 Å². The topological polar surface area (TPSA) is 64.6 Å². The molecule has 5 nitrogen and oxygen atoms in total. The van der Waals surface area contributed by atoms with Crippen molar-refractivity contribution in [1.29, 1.82) is 0 Å². The van der Waals surface area contributed by atoms with Crippen LogP contribution in [0, 0.1) is 0 Å². The zero-order chi connectivity index (χ0) is 15.9. The van der Waals surface area contributed by atoms with Crippen LogP contribution >= 0.6 is 0 Å². The molecule has 0 saturated heterocycles. The van der Waals surface area contributed by atoms with E-state index in [1.807, 2.05) is 30.3 Å². The van der Waals surface area contributed by atoms with Crippen molar-refractivity contribution in [2.24, 2.45) is 0 Å². The largest absolute Gasteiger partial charge is 0.496 e. The Morgan fingerprint density at radius 1 is 1.05 bits per heavy atom. The molecule has 1 N–H and O–H groups in total. The molecule has 114 valence electrons. The summed E-state index contributed by atoms with van der Waals surface area (Å²) in [5, 5.41) is 2.57. The third-order valence-corrected chi connectivity index (χ3v) is 3.05. The first kappa shape index (κ1) is 15.6. The number of ketones is 1. The minimum absolute atomic E-state index is 0.159. The van der Waals surface area contributed by atoms with E-state index in [0.29, 0.717) is 17.0 Å². The lowest BCUT2D eigenvalue weighted by atomic mass is 10.1. The van der Waals surface area contributed by atoms with Crippen molar-refractivity contribution >= 4 is 17.6 Å². The van der Waals surface area contributed by atoms with Gasteiger partial charge in [0.2, 0.25) is 0 Å². The average Bonchev–Trinajstić information content (AvgIpc) is 2.53. The van der Waals surface area contributed by atoms with Crippen LogP contribution in [-0.2, 0) is 11.3 Å². The minimum Gasteiger partial charge on any atom is -0.496 e. The highest BCUT2D eigenvalue weighted by Gasteiger charge is 2.15. The Kier molecular flexibility index (Phi) is 5.14. The molecule has 0 atom stereocenters. The number of anilines is 1. The fraction of sp³-hybridized carbons (Fsp3) is 0.176. The molecule has 0 spiro atoms. The summed E-state index contributed by atoms with van der Waals surface area (Å²) in [7, 11) is 1.47. The van der Waals surface area contributed by atoms with Crippen LogP contribution in [0.25, 0.3) is 0 Å². The van der Waals surface area contributed by atoms with E-state index in [1.54, 1.807) is 18.2 Å². The van der Waals surface area contributed by atoms with Gasteiger partial charge in [0.05, 0.1) is 18.4 Å². The quantitative estimate of drug-likeness (QED) is 0.856. The van der Waals surface area contributed by atoms with Crippen molar-refractivity contribution in [2.75, 3.05) is 12.4 Å². The molecule has 0 unspecified atom stereocenters. The molecule has 5 heteroatoms. The molecule has 0 saturated carbocycles. The normalized spacial score (nSPS) is 9.91. The van der Waals surface area contributed by atoms with Gasteiger partial charge in [-0.15, -0.1) is 0 Å². The number of benzene rings is 2. The maximum absolute atomic E-state index is 11.9. The first-order valence-corrected chi connectivity index (χ1v) is 6.77. The van der Waals surface area contributed by atoms with Crippen LogP contribution in [0.15, 0.2) is 48.5 Å². The van der Waals surface area contributed by atoms with Gasteiger partial charge in [-0.3, -0.25) is 10.1 Å². The van der Waals surface area contributed by atoms with E-state index < -0.39 is 6.09 Å². The van der Waals surface area contributed by atoms with Gasteiger partial charge in [0.25, 0.3) is 0 Å². The molecule has 22 heavy (non-hydrogen) atoms. The molecule has 0 fully saturated rings. The number of ether oxygens (including phenoxy) is 2. The Morgan fingerprint density at radius 2 is 1.77 bits per heavy atom. The number of carbonyl (C=O) groups excluding carboxylic acids is 2. The maximum Gasteiger partial charge on any atom is 0.411 e. The Morgan fingerprint density at radius 3 is 2.41 bits per heavy atom. The lowest BCUT2D eigenvalue weighted by molar-refractivity contribution is 0.101. The number of amides is 1. The highest BCUT2D eigenvalue weighted by molar-refractivity contribution is 6.04. The molecule has 2 aromatic rings. The smallest absolute Gasteiger partial charge is 0.411 e. The number of Topliss-reactive ketones (excluding diaryl/α,β-unsaturated/α-hetero) is 1. The monoisotopic (exact) mass is 299 g/mol. The van der Waals surface area contributed by atoms with Gasteiger partial charge in [0, 0.05) is 0 Å². The van der Waals surface area contributed by atoms with Gasteiger partial charge in [-0.25, -0.2) is 4.79 Å². The Hall–Kier alpha value is -2.82. The number of rotatable bonds is 5. The molecule has 0 aliphatic rings. The summed E-state index contributed by atoms with van der Waals surface area (Å²) in [4.78, 5) is 23.6. The van der Waals surface area contributed by atoms with Crippen molar-refractivity contribution in [3.8, 4) is 5.75 Å². The summed E-state index contributed by atoms with van der Waals surface area (Å²) in [5.41, 5.74) is 1.57. The molecular formula is C17H17NO4. The molecule has 2 rings (SSSR count). The second-order valence-electron chi connectivity index (χ2n) is 4.63. The second kappa shape index (κ2) is 7.26. The molecule has 0 heterocycles. The summed E-state index contributed by atoms with van der Waals surface area (Å²) in [5.74, 6) is 0.212. The molecule has 0 aromatic heterocycles. The van der Waals surface area contributed by atoms with Crippen molar-refractivity contribution in [3.63, 3.8) is 0 Å². The van der Waals surface area contributed by atoms with Crippen LogP contribution < -0.4 is 10.1 Å². The summed E-state index contributed by atoms with van der Waals surface area (Å²) >= 11 is 0. The Balaban J connectivity index is 2.07. The predicted molar refractivity (Wildman–Crippen MR) is 83.2 cm³/mol. The minimum atomic E-state index is -0.625. The maximum atomic E-state index is 11.9. The van der Waals surface area contributed by atoms with Crippen LogP contribution in [0.2, 0.25) is 0 Å². The number of methoxy groups -OCH3 is 1. The van der Waals surface area contributed by atoms with Gasteiger partial charge in [0.1, 0.15) is 12.4 Å². The van der Waals surface area contributed by atoms with Gasteiger partial charge in [0.15, 0.2) is 5.78 Å². The van der Waals surface area contributed by atoms with Crippen molar-refractivity contribution in [2.45, 2.75) is 13.5 Å². The average molecular weight is 299 g/mol. The van der Waals surface area contributed by atoms with Crippen LogP contribution in [0.5, 0.6) is 5.75 Å². The van der Waals surface area contributed by atoms with E-state index in [0.717, 1.165) is 5.56 Å². The molecule has 1 amide bonds. The molecular weight excluding hydrogens is 282 g/mol. The third-order valence-electron chi connectivity index (χ3n) is 3.05. The lowest BCUT2D eigenvalue weighted by Gasteiger charge is -2.12. The summed E-state index contributed by atoms with van der Waals surface area (Å²) in [6, 6.07) is 14.3. The summed E-state index contributed by atoms with van der Waals surface area (Å²) in [6.45, 7) is 1.57. The molecule has 0 radical (unpaired) electrons. The Bertz CT molecular complexity index is 668. The van der Waals surface area contributed by atoms with Gasteiger partial charge in [-0.2, -0.15) is 0 Å². The van der Waals surface area contributed by atoms with Crippen molar-refractivity contribution in [3.05, 3.63) is 59.7 Å². The number of hydrogen-bond acceptors (Lipinski definition) is 4. The fourth-order valence-electron chi connectivity index (χ4n) is 2.04. The van der Waals surface area contributed by atoms with Gasteiger partial charge < -0.3 is 9.47 Å². The SMILES string of the molecule is COc1cccc(NC(=O)OCc2ccccc2)c1C(C)=O. The fourth-order valence-corrected chi connectivity index (χ4v) is 2.04. The predicted octanol–water partition coefficient (Wildman–Crippen LogP) is 3.65. The molecule has 2 aromatic carbocycles.